The number of nitrogens with zero attached hydrogens (tertiary/aromatic N) is 5. The Bertz CT molecular complexity index is 1440. The number of likely N-dealkylation sites (N-methyl/N-ethyl adjacent to an activating group) is 1. The van der Waals surface area contributed by atoms with Gasteiger partial charge in [-0.1, -0.05) is 13.5 Å². The molecule has 3 heterocycles. The number of halogens is 5. The molecule has 2 aromatic rings. The van der Waals surface area contributed by atoms with Crippen LogP contribution in [0.25, 0.3) is 0 Å². The summed E-state index contributed by atoms with van der Waals surface area (Å²) in [4.78, 5) is 27.3. The third-order valence-corrected chi connectivity index (χ3v) is 9.28. The average molecular weight is 623 g/mol. The fraction of sp³-hybridized carbons (Fsp3) is 0.581. The van der Waals surface area contributed by atoms with Crippen LogP contribution in [0.2, 0.25) is 0 Å². The van der Waals surface area contributed by atoms with Gasteiger partial charge in [0.15, 0.2) is 0 Å². The first kappa shape index (κ1) is 31.9. The SMILES string of the molecule is C=CC(=O)N1CCN(c2nc(OC[C@@H]3C[C@@H](F)CN3C)nc3c2C[C@H](C)C(c2c(F)c(N)cc(C)c2C(F)(F)F)C3)[C@@H](C)C1. The van der Waals surface area contributed by atoms with Gasteiger partial charge in [0.05, 0.1) is 16.9 Å². The van der Waals surface area contributed by atoms with Crippen LogP contribution in [-0.2, 0) is 23.8 Å². The number of nitrogen functional groups attached to an aromatic ring is 1. The first-order valence-electron chi connectivity index (χ1n) is 14.9. The molecule has 0 radical (unpaired) electrons. The molecule has 1 aliphatic carbocycles. The summed E-state index contributed by atoms with van der Waals surface area (Å²) in [5.41, 5.74) is 5.16. The number of nitrogens with two attached hydrogens (primary N) is 1. The van der Waals surface area contributed by atoms with E-state index in [-0.39, 0.29) is 48.3 Å². The molecule has 240 valence electrons. The van der Waals surface area contributed by atoms with Crippen molar-refractivity contribution in [2.75, 3.05) is 50.5 Å². The van der Waals surface area contributed by atoms with Gasteiger partial charge >= 0.3 is 12.2 Å². The second kappa shape index (κ2) is 12.1. The number of rotatable bonds is 6. The molecular formula is C31H39F5N6O2. The monoisotopic (exact) mass is 622 g/mol. The van der Waals surface area contributed by atoms with Crippen molar-refractivity contribution < 1.29 is 31.5 Å². The smallest absolute Gasteiger partial charge is 0.417 e. The summed E-state index contributed by atoms with van der Waals surface area (Å²) in [5.74, 6) is -1.91. The second-order valence-electron chi connectivity index (χ2n) is 12.4. The molecule has 0 saturated carbocycles. The van der Waals surface area contributed by atoms with Crippen molar-refractivity contribution >= 4 is 17.4 Å². The number of ether oxygens (including phenoxy) is 1. The van der Waals surface area contributed by atoms with Crippen molar-refractivity contribution in [3.63, 3.8) is 0 Å². The van der Waals surface area contributed by atoms with Crippen LogP contribution in [-0.4, -0.2) is 83.8 Å². The van der Waals surface area contributed by atoms with Crippen LogP contribution in [0.15, 0.2) is 18.7 Å². The second-order valence-corrected chi connectivity index (χ2v) is 12.4. The van der Waals surface area contributed by atoms with Crippen LogP contribution >= 0.6 is 0 Å². The number of hydrogen-bond donors (Lipinski definition) is 1. The number of carbonyl (C=O) groups excluding carboxylic acids is 1. The predicted molar refractivity (Wildman–Crippen MR) is 157 cm³/mol. The van der Waals surface area contributed by atoms with E-state index in [1.54, 1.807) is 11.8 Å². The minimum absolute atomic E-state index is 0.0183. The van der Waals surface area contributed by atoms with Gasteiger partial charge in [0, 0.05) is 49.4 Å². The summed E-state index contributed by atoms with van der Waals surface area (Å²) < 4.78 is 78.5. The number of likely N-dealkylation sites (tertiary alicyclic amines) is 1. The molecule has 5 atom stereocenters. The number of fused-ring (bicyclic) bond motifs is 1. The van der Waals surface area contributed by atoms with Gasteiger partial charge in [0.1, 0.15) is 24.4 Å². The average Bonchev–Trinajstić information content (AvgIpc) is 3.28. The molecule has 1 unspecified atom stereocenters. The molecule has 2 saturated heterocycles. The van der Waals surface area contributed by atoms with Crippen LogP contribution < -0.4 is 15.4 Å². The summed E-state index contributed by atoms with van der Waals surface area (Å²) in [6, 6.07) is 0.716. The van der Waals surface area contributed by atoms with Gasteiger partial charge in [-0.3, -0.25) is 9.69 Å². The van der Waals surface area contributed by atoms with E-state index < -0.39 is 41.1 Å². The first-order valence-corrected chi connectivity index (χ1v) is 14.9. The largest absolute Gasteiger partial charge is 0.462 e. The molecule has 13 heteroatoms. The van der Waals surface area contributed by atoms with Crippen LogP contribution in [0.3, 0.4) is 0 Å². The van der Waals surface area contributed by atoms with Crippen molar-refractivity contribution in [1.82, 2.24) is 19.8 Å². The van der Waals surface area contributed by atoms with Crippen LogP contribution in [0.5, 0.6) is 6.01 Å². The van der Waals surface area contributed by atoms with Crippen molar-refractivity contribution in [1.29, 1.82) is 0 Å². The molecule has 5 rings (SSSR count). The lowest BCUT2D eigenvalue weighted by atomic mass is 9.73. The van der Waals surface area contributed by atoms with Crippen molar-refractivity contribution in [2.24, 2.45) is 5.92 Å². The zero-order valence-corrected chi connectivity index (χ0v) is 25.4. The molecule has 3 aliphatic rings. The molecule has 1 amide bonds. The molecule has 44 heavy (non-hydrogen) atoms. The highest BCUT2D eigenvalue weighted by Crippen LogP contribution is 2.47. The summed E-state index contributed by atoms with van der Waals surface area (Å²) in [5, 5.41) is 0. The zero-order valence-electron chi connectivity index (χ0n) is 25.4. The molecular weight excluding hydrogens is 583 g/mol. The number of piperazine rings is 1. The van der Waals surface area contributed by atoms with E-state index in [1.807, 2.05) is 18.9 Å². The number of alkyl halides is 4. The molecule has 2 aliphatic heterocycles. The van der Waals surface area contributed by atoms with Gasteiger partial charge in [-0.05, 0) is 69.7 Å². The Kier molecular flexibility index (Phi) is 8.80. The van der Waals surface area contributed by atoms with Crippen molar-refractivity contribution in [2.45, 2.75) is 70.4 Å². The molecule has 8 nitrogen and oxygen atoms in total. The lowest BCUT2D eigenvalue weighted by Gasteiger charge is -2.42. The number of anilines is 2. The number of benzene rings is 1. The Morgan fingerprint density at radius 3 is 2.55 bits per heavy atom. The summed E-state index contributed by atoms with van der Waals surface area (Å²) in [6.45, 7) is 10.4. The van der Waals surface area contributed by atoms with Crippen LogP contribution in [0.4, 0.5) is 33.5 Å². The lowest BCUT2D eigenvalue weighted by Crippen LogP contribution is -2.54. The third kappa shape index (κ3) is 6.07. The number of amides is 1. The molecule has 1 aromatic heterocycles. The van der Waals surface area contributed by atoms with E-state index in [2.05, 4.69) is 16.5 Å². The van der Waals surface area contributed by atoms with E-state index >= 15 is 4.39 Å². The first-order chi connectivity index (χ1) is 20.7. The van der Waals surface area contributed by atoms with E-state index in [4.69, 9.17) is 15.5 Å². The molecule has 0 bridgehead atoms. The third-order valence-electron chi connectivity index (χ3n) is 9.28. The summed E-state index contributed by atoms with van der Waals surface area (Å²) >= 11 is 0. The molecule has 2 N–H and O–H groups in total. The fourth-order valence-electron chi connectivity index (χ4n) is 6.99. The van der Waals surface area contributed by atoms with Crippen molar-refractivity contribution in [3.8, 4) is 6.01 Å². The Morgan fingerprint density at radius 1 is 1.20 bits per heavy atom. The van der Waals surface area contributed by atoms with E-state index in [1.165, 1.54) is 13.0 Å². The van der Waals surface area contributed by atoms with Gasteiger partial charge in [-0.2, -0.15) is 23.1 Å². The number of carbonyl (C=O) groups is 1. The van der Waals surface area contributed by atoms with E-state index in [0.717, 1.165) is 11.6 Å². The maximum Gasteiger partial charge on any atom is 0.417 e. The van der Waals surface area contributed by atoms with Gasteiger partial charge in [-0.25, -0.2) is 8.78 Å². The Labute approximate surface area is 254 Å². The highest BCUT2D eigenvalue weighted by atomic mass is 19.4. The quantitative estimate of drug-likeness (QED) is 0.284. The van der Waals surface area contributed by atoms with Crippen molar-refractivity contribution in [3.05, 3.63) is 52.5 Å². The number of aromatic nitrogens is 2. The lowest BCUT2D eigenvalue weighted by molar-refractivity contribution is -0.139. The summed E-state index contributed by atoms with van der Waals surface area (Å²) in [6.07, 6.45) is -3.85. The Morgan fingerprint density at radius 2 is 1.93 bits per heavy atom. The van der Waals surface area contributed by atoms with Gasteiger partial charge in [-0.15, -0.1) is 0 Å². The fourth-order valence-corrected chi connectivity index (χ4v) is 6.99. The normalized spacial score (nSPS) is 26.1. The Hall–Kier alpha value is -3.48. The highest BCUT2D eigenvalue weighted by Gasteiger charge is 2.43. The number of aryl methyl sites for hydroxylation is 1. The van der Waals surface area contributed by atoms with Crippen LogP contribution in [0, 0.1) is 18.7 Å². The standard InChI is InChI=1S/C31H39F5N6O2/c1-6-25(43)41-7-8-42(18(4)13-41)29-22-9-16(2)21(26-27(31(34,35)36)17(3)10-23(37)28(26)33)12-24(22)38-30(39-29)44-15-20-11-19(32)14-40(20)5/h6,10,16,18-21H,1,7-9,11-15,37H2,2-5H3/t16-,18-,19+,20-,21?/m0/s1. The maximum absolute atomic E-state index is 15.5. The summed E-state index contributed by atoms with van der Waals surface area (Å²) in [7, 11) is 1.81. The van der Waals surface area contributed by atoms with Gasteiger partial charge in [0.25, 0.3) is 0 Å². The highest BCUT2D eigenvalue weighted by molar-refractivity contribution is 5.87. The van der Waals surface area contributed by atoms with E-state index in [9.17, 15) is 22.4 Å². The van der Waals surface area contributed by atoms with Gasteiger partial charge < -0.3 is 20.3 Å². The van der Waals surface area contributed by atoms with E-state index in [0.29, 0.717) is 50.5 Å². The minimum atomic E-state index is -4.78. The molecule has 0 spiro atoms. The predicted octanol–water partition coefficient (Wildman–Crippen LogP) is 4.69. The topological polar surface area (TPSA) is 87.8 Å². The van der Waals surface area contributed by atoms with Crippen LogP contribution in [0.1, 0.15) is 54.1 Å². The Balaban J connectivity index is 1.55. The zero-order chi connectivity index (χ0) is 32.1. The minimum Gasteiger partial charge on any atom is -0.462 e. The molecule has 2 fully saturated rings. The maximum atomic E-state index is 15.5. The molecule has 1 aromatic carbocycles. The van der Waals surface area contributed by atoms with Gasteiger partial charge in [0.2, 0.25) is 5.91 Å². The number of hydrogen-bond acceptors (Lipinski definition) is 7.